The highest BCUT2D eigenvalue weighted by molar-refractivity contribution is 6.04. The number of aromatic nitrogens is 2. The number of carbonyl (C=O) groups excluding carboxylic acids is 1. The van der Waals surface area contributed by atoms with Gasteiger partial charge in [0.1, 0.15) is 5.75 Å². The summed E-state index contributed by atoms with van der Waals surface area (Å²) in [5.41, 5.74) is 2.77. The number of halogens is 3. The van der Waals surface area contributed by atoms with Gasteiger partial charge in [-0.05, 0) is 24.6 Å². The summed E-state index contributed by atoms with van der Waals surface area (Å²) < 4.78 is 42.1. The molecule has 0 saturated carbocycles. The van der Waals surface area contributed by atoms with Gasteiger partial charge >= 0.3 is 6.18 Å². The summed E-state index contributed by atoms with van der Waals surface area (Å²) in [5, 5.41) is 12.6. The Morgan fingerprint density at radius 2 is 2.20 bits per heavy atom. The molecule has 1 aliphatic heterocycles. The fourth-order valence-electron chi connectivity index (χ4n) is 2.61. The molecule has 0 radical (unpaired) electrons. The van der Waals surface area contributed by atoms with Crippen LogP contribution >= 0.6 is 0 Å². The maximum absolute atomic E-state index is 12.5. The highest BCUT2D eigenvalue weighted by Gasteiger charge is 2.29. The number of nitrogens with zero attached hydrogens (tertiary/aromatic N) is 1. The Hall–Kier alpha value is -2.55. The normalized spacial score (nSPS) is 14.1. The molecule has 0 aliphatic carbocycles. The SMILES string of the molecule is Cc1ccc(NC(=O)c2n[nH]c3c2CNCC3)c(OCC(F)(F)F)c1. The van der Waals surface area contributed by atoms with Gasteiger partial charge in [0.15, 0.2) is 12.3 Å². The Balaban J connectivity index is 1.80. The van der Waals surface area contributed by atoms with Gasteiger partial charge in [0.25, 0.3) is 5.91 Å². The van der Waals surface area contributed by atoms with Gasteiger partial charge in [-0.3, -0.25) is 9.89 Å². The molecule has 3 rings (SSSR count). The average Bonchev–Trinajstić information content (AvgIpc) is 2.98. The third kappa shape index (κ3) is 4.11. The smallest absolute Gasteiger partial charge is 0.422 e. The van der Waals surface area contributed by atoms with E-state index in [1.54, 1.807) is 13.0 Å². The molecule has 1 aromatic heterocycles. The molecule has 0 atom stereocenters. The number of carbonyl (C=O) groups is 1. The van der Waals surface area contributed by atoms with E-state index >= 15 is 0 Å². The van der Waals surface area contributed by atoms with Gasteiger partial charge in [-0.15, -0.1) is 0 Å². The summed E-state index contributed by atoms with van der Waals surface area (Å²) in [7, 11) is 0. The quantitative estimate of drug-likeness (QED) is 0.788. The van der Waals surface area contributed by atoms with Crippen LogP contribution in [0.2, 0.25) is 0 Å². The number of benzene rings is 1. The van der Waals surface area contributed by atoms with Crippen LogP contribution in [0, 0.1) is 6.92 Å². The maximum atomic E-state index is 12.5. The van der Waals surface area contributed by atoms with E-state index in [1.165, 1.54) is 12.1 Å². The lowest BCUT2D eigenvalue weighted by atomic mass is 10.1. The number of fused-ring (bicyclic) bond motifs is 1. The van der Waals surface area contributed by atoms with Crippen molar-refractivity contribution in [3.8, 4) is 5.75 Å². The molecule has 0 bridgehead atoms. The zero-order chi connectivity index (χ0) is 18.0. The fraction of sp³-hybridized carbons (Fsp3) is 0.375. The predicted molar refractivity (Wildman–Crippen MR) is 84.7 cm³/mol. The number of aromatic amines is 1. The van der Waals surface area contributed by atoms with Gasteiger partial charge in [-0.1, -0.05) is 6.07 Å². The molecule has 0 spiro atoms. The molecular weight excluding hydrogens is 337 g/mol. The third-order valence-electron chi connectivity index (χ3n) is 3.80. The van der Waals surface area contributed by atoms with Gasteiger partial charge in [-0.2, -0.15) is 18.3 Å². The summed E-state index contributed by atoms with van der Waals surface area (Å²) >= 11 is 0. The number of nitrogens with one attached hydrogen (secondary N) is 3. The Bertz CT molecular complexity index is 786. The third-order valence-corrected chi connectivity index (χ3v) is 3.80. The summed E-state index contributed by atoms with van der Waals surface area (Å²) in [5.74, 6) is -0.532. The number of alkyl halides is 3. The van der Waals surface area contributed by atoms with Crippen LogP contribution in [-0.4, -0.2) is 35.4 Å². The largest absolute Gasteiger partial charge is 0.482 e. The van der Waals surface area contributed by atoms with Crippen molar-refractivity contribution in [3.05, 3.63) is 40.7 Å². The molecule has 1 amide bonds. The van der Waals surface area contributed by atoms with E-state index in [0.29, 0.717) is 6.54 Å². The summed E-state index contributed by atoms with van der Waals surface area (Å²) in [6.07, 6.45) is -3.72. The molecule has 3 N–H and O–H groups in total. The molecule has 0 saturated heterocycles. The lowest BCUT2D eigenvalue weighted by Crippen LogP contribution is -2.25. The highest BCUT2D eigenvalue weighted by atomic mass is 19.4. The maximum Gasteiger partial charge on any atom is 0.422 e. The molecular formula is C16H17F3N4O2. The van der Waals surface area contributed by atoms with Crippen LogP contribution in [0.15, 0.2) is 18.2 Å². The Morgan fingerprint density at radius 3 is 2.96 bits per heavy atom. The molecule has 6 nitrogen and oxygen atoms in total. The van der Waals surface area contributed by atoms with Crippen molar-refractivity contribution in [2.45, 2.75) is 26.1 Å². The summed E-state index contributed by atoms with van der Waals surface area (Å²) in [4.78, 5) is 12.5. The van der Waals surface area contributed by atoms with Gasteiger partial charge in [-0.25, -0.2) is 0 Å². The number of anilines is 1. The van der Waals surface area contributed by atoms with Crippen LogP contribution in [-0.2, 0) is 13.0 Å². The zero-order valence-electron chi connectivity index (χ0n) is 13.5. The minimum Gasteiger partial charge on any atom is -0.482 e. The number of hydrogen-bond acceptors (Lipinski definition) is 4. The second-order valence-corrected chi connectivity index (χ2v) is 5.81. The van der Waals surface area contributed by atoms with E-state index in [2.05, 4.69) is 20.8 Å². The molecule has 25 heavy (non-hydrogen) atoms. The zero-order valence-corrected chi connectivity index (χ0v) is 13.5. The van der Waals surface area contributed by atoms with Gasteiger partial charge in [0.05, 0.1) is 5.69 Å². The topological polar surface area (TPSA) is 79.0 Å². The number of rotatable bonds is 4. The molecule has 0 unspecified atom stereocenters. The summed E-state index contributed by atoms with van der Waals surface area (Å²) in [6.45, 7) is 1.60. The first kappa shape index (κ1) is 17.3. The fourth-order valence-corrected chi connectivity index (χ4v) is 2.61. The molecule has 0 fully saturated rings. The first-order valence-corrected chi connectivity index (χ1v) is 7.72. The van der Waals surface area contributed by atoms with E-state index in [9.17, 15) is 18.0 Å². The van der Waals surface area contributed by atoms with Crippen LogP contribution < -0.4 is 15.4 Å². The van der Waals surface area contributed by atoms with Crippen LogP contribution in [0.5, 0.6) is 5.75 Å². The van der Waals surface area contributed by atoms with Crippen LogP contribution in [0.1, 0.15) is 27.3 Å². The monoisotopic (exact) mass is 354 g/mol. The van der Waals surface area contributed by atoms with Crippen molar-refractivity contribution in [3.63, 3.8) is 0 Å². The van der Waals surface area contributed by atoms with E-state index in [4.69, 9.17) is 4.74 Å². The minimum absolute atomic E-state index is 0.0341. The standard InChI is InChI=1S/C16H17F3N4O2/c1-9-2-3-12(13(6-9)25-8-16(17,18)19)21-15(24)14-10-7-20-5-4-11(10)22-23-14/h2-3,6,20H,4-5,7-8H2,1H3,(H,21,24)(H,22,23). The van der Waals surface area contributed by atoms with E-state index in [0.717, 1.165) is 29.8 Å². The number of H-pyrrole nitrogens is 1. The van der Waals surface area contributed by atoms with Crippen LogP contribution in [0.25, 0.3) is 0 Å². The van der Waals surface area contributed by atoms with Crippen molar-refractivity contribution < 1.29 is 22.7 Å². The van der Waals surface area contributed by atoms with Crippen LogP contribution in [0.4, 0.5) is 18.9 Å². The molecule has 9 heteroatoms. The Labute approximate surface area is 141 Å². The van der Waals surface area contributed by atoms with E-state index in [-0.39, 0.29) is 17.1 Å². The Morgan fingerprint density at radius 1 is 1.40 bits per heavy atom. The molecule has 134 valence electrons. The number of aryl methyl sites for hydroxylation is 1. The molecule has 2 heterocycles. The lowest BCUT2D eigenvalue weighted by molar-refractivity contribution is -0.153. The first-order chi connectivity index (χ1) is 11.8. The van der Waals surface area contributed by atoms with Crippen molar-refractivity contribution in [2.75, 3.05) is 18.5 Å². The predicted octanol–water partition coefficient (Wildman–Crippen LogP) is 2.56. The average molecular weight is 354 g/mol. The Kier molecular flexibility index (Phi) is 4.67. The second kappa shape index (κ2) is 6.75. The highest BCUT2D eigenvalue weighted by Crippen LogP contribution is 2.28. The summed E-state index contributed by atoms with van der Waals surface area (Å²) in [6, 6.07) is 4.64. The molecule has 1 aromatic carbocycles. The van der Waals surface area contributed by atoms with Crippen molar-refractivity contribution in [1.29, 1.82) is 0 Å². The van der Waals surface area contributed by atoms with Crippen molar-refractivity contribution in [1.82, 2.24) is 15.5 Å². The molecule has 2 aromatic rings. The second-order valence-electron chi connectivity index (χ2n) is 5.81. The van der Waals surface area contributed by atoms with Gasteiger partial charge in [0.2, 0.25) is 0 Å². The number of ether oxygens (including phenoxy) is 1. The van der Waals surface area contributed by atoms with E-state index in [1.807, 2.05) is 0 Å². The van der Waals surface area contributed by atoms with Gasteiger partial charge < -0.3 is 15.4 Å². The first-order valence-electron chi connectivity index (χ1n) is 7.72. The van der Waals surface area contributed by atoms with Crippen LogP contribution in [0.3, 0.4) is 0 Å². The van der Waals surface area contributed by atoms with Crippen molar-refractivity contribution >= 4 is 11.6 Å². The van der Waals surface area contributed by atoms with E-state index < -0.39 is 18.7 Å². The minimum atomic E-state index is -4.46. The molecule has 1 aliphatic rings. The van der Waals surface area contributed by atoms with Gasteiger partial charge in [0, 0.05) is 30.8 Å². The van der Waals surface area contributed by atoms with Crippen molar-refractivity contribution in [2.24, 2.45) is 0 Å². The number of amides is 1. The number of hydrogen-bond donors (Lipinski definition) is 3. The lowest BCUT2D eigenvalue weighted by Gasteiger charge is -2.15.